The van der Waals surface area contributed by atoms with Gasteiger partial charge in [-0.15, -0.1) is 11.3 Å². The molecule has 0 aliphatic rings. The molecule has 4 aromatic rings. The summed E-state index contributed by atoms with van der Waals surface area (Å²) in [5.41, 5.74) is 5.86. The number of hydrogen-bond acceptors (Lipinski definition) is 5. The number of aromatic nitrogens is 1. The lowest BCUT2D eigenvalue weighted by molar-refractivity contribution is -0.138. The number of benzene rings is 3. The third-order valence-corrected chi connectivity index (χ3v) is 7.97. The lowest BCUT2D eigenvalue weighted by Gasteiger charge is -2.19. The minimum Gasteiger partial charge on any atom is -0.480 e. The SMILES string of the molecule is CCCC(CCC)c1ccc(CNC(=O)c2ccc(-c3csc(CN(CC(=O)O)Cc4ccccc4)n3)cc2)cc1. The number of carboxylic acid groups (broad SMARTS) is 1. The van der Waals surface area contributed by atoms with E-state index in [2.05, 4.69) is 43.4 Å². The van der Waals surface area contributed by atoms with Crippen molar-refractivity contribution in [3.63, 3.8) is 0 Å². The fourth-order valence-electron chi connectivity index (χ4n) is 5.07. The molecule has 6 nitrogen and oxygen atoms in total. The van der Waals surface area contributed by atoms with Crippen LogP contribution in [0.3, 0.4) is 0 Å². The van der Waals surface area contributed by atoms with Crippen molar-refractivity contribution in [2.24, 2.45) is 0 Å². The van der Waals surface area contributed by atoms with Gasteiger partial charge in [0, 0.05) is 29.6 Å². The molecule has 1 aromatic heterocycles. The first-order valence-electron chi connectivity index (χ1n) is 14.3. The zero-order valence-corrected chi connectivity index (χ0v) is 24.7. The number of aliphatic carboxylic acids is 1. The van der Waals surface area contributed by atoms with E-state index in [1.54, 1.807) is 0 Å². The molecule has 1 amide bonds. The van der Waals surface area contributed by atoms with Gasteiger partial charge in [-0.05, 0) is 47.6 Å². The molecule has 7 heteroatoms. The highest BCUT2D eigenvalue weighted by Crippen LogP contribution is 2.27. The Kier molecular flexibility index (Phi) is 11.2. The number of carbonyl (C=O) groups is 2. The summed E-state index contributed by atoms with van der Waals surface area (Å²) in [5, 5.41) is 15.2. The molecule has 0 atom stereocenters. The molecule has 1 heterocycles. The Morgan fingerprint density at radius 1 is 0.878 bits per heavy atom. The molecule has 3 aromatic carbocycles. The summed E-state index contributed by atoms with van der Waals surface area (Å²) in [6.45, 7) is 5.88. The second kappa shape index (κ2) is 15.3. The maximum absolute atomic E-state index is 12.8. The molecule has 0 bridgehead atoms. The van der Waals surface area contributed by atoms with Gasteiger partial charge in [-0.3, -0.25) is 14.5 Å². The van der Waals surface area contributed by atoms with Crippen molar-refractivity contribution in [2.75, 3.05) is 6.54 Å². The van der Waals surface area contributed by atoms with Gasteiger partial charge < -0.3 is 10.4 Å². The average molecular weight is 570 g/mol. The predicted molar refractivity (Wildman–Crippen MR) is 166 cm³/mol. The third kappa shape index (κ3) is 9.10. The van der Waals surface area contributed by atoms with Crippen LogP contribution < -0.4 is 5.32 Å². The van der Waals surface area contributed by atoms with Crippen LogP contribution in [-0.2, 0) is 24.4 Å². The number of nitrogens with one attached hydrogen (secondary N) is 1. The van der Waals surface area contributed by atoms with Crippen molar-refractivity contribution in [1.82, 2.24) is 15.2 Å². The standard InChI is InChI=1S/C34H39N3O3S/c1-3-8-27(9-4-2)28-14-12-25(13-15-28)20-35-34(40)30-18-16-29(17-19-30)31-24-41-32(36-31)22-37(23-33(38)39)21-26-10-6-5-7-11-26/h5-7,10-19,24,27H,3-4,8-9,20-23H2,1-2H3,(H,35,40)(H,38,39). The molecule has 0 spiro atoms. The summed E-state index contributed by atoms with van der Waals surface area (Å²) < 4.78 is 0. The van der Waals surface area contributed by atoms with Crippen molar-refractivity contribution < 1.29 is 14.7 Å². The first-order valence-corrected chi connectivity index (χ1v) is 15.2. The van der Waals surface area contributed by atoms with Crippen LogP contribution >= 0.6 is 11.3 Å². The van der Waals surface area contributed by atoms with Gasteiger partial charge in [0.25, 0.3) is 5.91 Å². The summed E-state index contributed by atoms with van der Waals surface area (Å²) in [5.74, 6) is -0.366. The Hall–Kier alpha value is -3.81. The molecule has 0 saturated heterocycles. The van der Waals surface area contributed by atoms with Crippen LogP contribution in [0.1, 0.15) is 77.5 Å². The zero-order valence-electron chi connectivity index (χ0n) is 23.9. The van der Waals surface area contributed by atoms with E-state index in [-0.39, 0.29) is 12.5 Å². The fraction of sp³-hybridized carbons (Fsp3) is 0.324. The number of amides is 1. The van der Waals surface area contributed by atoms with Crippen LogP contribution in [0.2, 0.25) is 0 Å². The number of nitrogens with zero attached hydrogens (tertiary/aromatic N) is 2. The van der Waals surface area contributed by atoms with Crippen molar-refractivity contribution in [2.45, 2.75) is 65.1 Å². The number of thiazole rings is 1. The zero-order chi connectivity index (χ0) is 29.0. The Morgan fingerprint density at radius 2 is 1.56 bits per heavy atom. The van der Waals surface area contributed by atoms with E-state index in [1.165, 1.54) is 42.6 Å². The normalized spacial score (nSPS) is 11.2. The van der Waals surface area contributed by atoms with E-state index < -0.39 is 5.97 Å². The van der Waals surface area contributed by atoms with Crippen LogP contribution in [0.5, 0.6) is 0 Å². The molecule has 0 fully saturated rings. The highest BCUT2D eigenvalue weighted by atomic mass is 32.1. The highest BCUT2D eigenvalue weighted by molar-refractivity contribution is 7.09. The second-order valence-electron chi connectivity index (χ2n) is 10.4. The molecular weight excluding hydrogens is 530 g/mol. The molecule has 214 valence electrons. The van der Waals surface area contributed by atoms with Gasteiger partial charge in [0.2, 0.25) is 0 Å². The van der Waals surface area contributed by atoms with Crippen LogP contribution in [0.15, 0.2) is 84.2 Å². The van der Waals surface area contributed by atoms with Crippen LogP contribution in [0.4, 0.5) is 0 Å². The molecule has 0 saturated carbocycles. The third-order valence-electron chi connectivity index (χ3n) is 7.14. The number of carbonyl (C=O) groups excluding carboxylic acids is 1. The first kappa shape index (κ1) is 30.2. The molecule has 0 unspecified atom stereocenters. The van der Waals surface area contributed by atoms with Crippen LogP contribution in [0, 0.1) is 0 Å². The van der Waals surface area contributed by atoms with E-state index in [1.807, 2.05) is 64.9 Å². The monoisotopic (exact) mass is 569 g/mol. The van der Waals surface area contributed by atoms with E-state index in [0.717, 1.165) is 27.4 Å². The largest absolute Gasteiger partial charge is 0.480 e. The van der Waals surface area contributed by atoms with Gasteiger partial charge in [-0.2, -0.15) is 0 Å². The van der Waals surface area contributed by atoms with E-state index >= 15 is 0 Å². The summed E-state index contributed by atoms with van der Waals surface area (Å²) in [7, 11) is 0. The van der Waals surface area contributed by atoms with Gasteiger partial charge in [0.05, 0.1) is 18.8 Å². The molecule has 0 aliphatic heterocycles. The predicted octanol–water partition coefficient (Wildman–Crippen LogP) is 7.51. The minimum absolute atomic E-state index is 0.0595. The molecule has 41 heavy (non-hydrogen) atoms. The van der Waals surface area contributed by atoms with E-state index in [4.69, 9.17) is 4.98 Å². The average Bonchev–Trinajstić information content (AvgIpc) is 3.45. The van der Waals surface area contributed by atoms with Crippen LogP contribution in [0.25, 0.3) is 11.3 Å². The summed E-state index contributed by atoms with van der Waals surface area (Å²) >= 11 is 1.51. The van der Waals surface area contributed by atoms with Gasteiger partial charge in [0.15, 0.2) is 0 Å². The summed E-state index contributed by atoms with van der Waals surface area (Å²) in [4.78, 5) is 30.8. The smallest absolute Gasteiger partial charge is 0.317 e. The van der Waals surface area contributed by atoms with Crippen LogP contribution in [-0.4, -0.2) is 33.4 Å². The molecule has 0 aliphatic carbocycles. The summed E-state index contributed by atoms with van der Waals surface area (Å²) in [6, 6.07) is 25.9. The molecule has 2 N–H and O–H groups in total. The fourth-order valence-corrected chi connectivity index (χ4v) is 5.91. The highest BCUT2D eigenvalue weighted by Gasteiger charge is 2.15. The maximum atomic E-state index is 12.8. The number of hydrogen-bond donors (Lipinski definition) is 2. The van der Waals surface area contributed by atoms with Crippen molar-refractivity contribution in [3.8, 4) is 11.3 Å². The lowest BCUT2D eigenvalue weighted by Crippen LogP contribution is -2.28. The van der Waals surface area contributed by atoms with Crippen molar-refractivity contribution in [3.05, 3.63) is 112 Å². The Labute approximate surface area is 247 Å². The summed E-state index contributed by atoms with van der Waals surface area (Å²) in [6.07, 6.45) is 4.79. The van der Waals surface area contributed by atoms with Gasteiger partial charge >= 0.3 is 5.97 Å². The maximum Gasteiger partial charge on any atom is 0.317 e. The lowest BCUT2D eigenvalue weighted by atomic mass is 9.90. The van der Waals surface area contributed by atoms with Crippen molar-refractivity contribution >= 4 is 23.2 Å². The first-order chi connectivity index (χ1) is 19.9. The van der Waals surface area contributed by atoms with Gasteiger partial charge in [-0.1, -0.05) is 93.4 Å². The quantitative estimate of drug-likeness (QED) is 0.155. The Morgan fingerprint density at radius 3 is 2.20 bits per heavy atom. The Balaban J connectivity index is 1.33. The van der Waals surface area contributed by atoms with E-state index in [0.29, 0.717) is 31.1 Å². The minimum atomic E-state index is -0.865. The van der Waals surface area contributed by atoms with Crippen molar-refractivity contribution in [1.29, 1.82) is 0 Å². The molecule has 0 radical (unpaired) electrons. The number of rotatable bonds is 15. The van der Waals surface area contributed by atoms with Gasteiger partial charge in [0.1, 0.15) is 5.01 Å². The molecular formula is C34H39N3O3S. The molecule has 4 rings (SSSR count). The van der Waals surface area contributed by atoms with E-state index in [9.17, 15) is 14.7 Å². The number of carboxylic acids is 1. The van der Waals surface area contributed by atoms with Gasteiger partial charge in [-0.25, -0.2) is 4.98 Å². The Bertz CT molecular complexity index is 1380. The topological polar surface area (TPSA) is 82.5 Å². The second-order valence-corrected chi connectivity index (χ2v) is 11.4.